The molecule has 0 aliphatic heterocycles. The molecule has 0 bridgehead atoms. The van der Waals surface area contributed by atoms with Crippen molar-refractivity contribution in [3.63, 3.8) is 0 Å². The zero-order chi connectivity index (χ0) is 13.2. The molecule has 0 aromatic rings. The van der Waals surface area contributed by atoms with Gasteiger partial charge in [-0.3, -0.25) is 4.79 Å². The minimum absolute atomic E-state index is 0.209. The van der Waals surface area contributed by atoms with Crippen molar-refractivity contribution in [2.45, 2.75) is 33.1 Å². The molecule has 0 saturated carbocycles. The number of amides is 1. The molecule has 0 aromatic carbocycles. The van der Waals surface area contributed by atoms with Crippen molar-refractivity contribution in [1.82, 2.24) is 4.90 Å². The van der Waals surface area contributed by atoms with Crippen LogP contribution in [-0.4, -0.2) is 29.0 Å². The molecule has 0 atom stereocenters. The first-order chi connectivity index (χ1) is 8.77. The normalized spacial score (nSPS) is 14.2. The van der Waals surface area contributed by atoms with Crippen LogP contribution in [0.15, 0.2) is 36.0 Å². The van der Waals surface area contributed by atoms with E-state index in [1.165, 1.54) is 17.3 Å². The fourth-order valence-electron chi connectivity index (χ4n) is 1.79. The maximum Gasteiger partial charge on any atom is 0.281 e. The number of allylic oxidation sites excluding steroid dienone is 5. The van der Waals surface area contributed by atoms with Gasteiger partial charge in [0.25, 0.3) is 5.24 Å². The highest BCUT2D eigenvalue weighted by molar-refractivity contribution is 8.13. The van der Waals surface area contributed by atoms with E-state index < -0.39 is 0 Å². The topological polar surface area (TPSA) is 20.3 Å². The van der Waals surface area contributed by atoms with Gasteiger partial charge in [-0.1, -0.05) is 56.0 Å². The molecule has 0 N–H and O–H groups in total. The van der Waals surface area contributed by atoms with E-state index in [9.17, 15) is 4.79 Å². The Bertz CT molecular complexity index is 338. The largest absolute Gasteiger partial charge is 0.334 e. The summed E-state index contributed by atoms with van der Waals surface area (Å²) in [6, 6.07) is 0. The van der Waals surface area contributed by atoms with E-state index in [1.807, 2.05) is 4.90 Å². The van der Waals surface area contributed by atoms with E-state index in [0.717, 1.165) is 38.1 Å². The highest BCUT2D eigenvalue weighted by Crippen LogP contribution is 2.16. The molecule has 18 heavy (non-hydrogen) atoms. The number of thioether (sulfide) groups is 1. The molecule has 2 nitrogen and oxygen atoms in total. The Morgan fingerprint density at radius 2 is 2.00 bits per heavy atom. The summed E-state index contributed by atoms with van der Waals surface area (Å²) in [4.78, 5) is 14.0. The lowest BCUT2D eigenvalue weighted by atomic mass is 10.3. The summed E-state index contributed by atoms with van der Waals surface area (Å²) in [7, 11) is 0. The van der Waals surface area contributed by atoms with Crippen LogP contribution in [0.25, 0.3) is 0 Å². The van der Waals surface area contributed by atoms with Crippen molar-refractivity contribution in [2.75, 3.05) is 18.8 Å². The Morgan fingerprint density at radius 3 is 2.67 bits per heavy atom. The van der Waals surface area contributed by atoms with Crippen LogP contribution >= 0.6 is 11.8 Å². The van der Waals surface area contributed by atoms with E-state index in [2.05, 4.69) is 44.2 Å². The zero-order valence-electron chi connectivity index (χ0n) is 11.4. The van der Waals surface area contributed by atoms with Crippen LogP contribution in [-0.2, 0) is 0 Å². The molecule has 0 saturated heterocycles. The van der Waals surface area contributed by atoms with Gasteiger partial charge in [0.15, 0.2) is 0 Å². The Hall–Kier alpha value is -0.960. The first-order valence-electron chi connectivity index (χ1n) is 6.71. The van der Waals surface area contributed by atoms with Gasteiger partial charge in [-0.05, 0) is 24.8 Å². The monoisotopic (exact) mass is 265 g/mol. The molecule has 0 fully saturated rings. The van der Waals surface area contributed by atoms with Gasteiger partial charge in [-0.15, -0.1) is 0 Å². The van der Waals surface area contributed by atoms with Gasteiger partial charge in [0.05, 0.1) is 0 Å². The van der Waals surface area contributed by atoms with E-state index in [0.29, 0.717) is 0 Å². The molecule has 1 aliphatic rings. The average molecular weight is 265 g/mol. The highest BCUT2D eigenvalue weighted by Gasteiger charge is 2.12. The van der Waals surface area contributed by atoms with Gasteiger partial charge in [0, 0.05) is 18.8 Å². The number of rotatable bonds is 6. The molecule has 0 aromatic heterocycles. The second-order valence-corrected chi connectivity index (χ2v) is 5.28. The minimum Gasteiger partial charge on any atom is -0.334 e. The fraction of sp³-hybridized carbons (Fsp3) is 0.533. The third-order valence-electron chi connectivity index (χ3n) is 2.66. The third kappa shape index (κ3) is 5.58. The summed E-state index contributed by atoms with van der Waals surface area (Å²) >= 11 is 1.41. The zero-order valence-corrected chi connectivity index (χ0v) is 12.2. The third-order valence-corrected chi connectivity index (χ3v) is 3.64. The predicted octanol–water partition coefficient (Wildman–Crippen LogP) is 4.40. The molecule has 1 amide bonds. The predicted molar refractivity (Wildman–Crippen MR) is 81.0 cm³/mol. The first-order valence-corrected chi connectivity index (χ1v) is 7.70. The lowest BCUT2D eigenvalue weighted by Gasteiger charge is -2.20. The molecular formula is C15H23NOS. The van der Waals surface area contributed by atoms with E-state index in [4.69, 9.17) is 0 Å². The van der Waals surface area contributed by atoms with Crippen molar-refractivity contribution in [3.8, 4) is 0 Å². The molecule has 0 radical (unpaired) electrons. The standard InChI is InChI=1S/C15H23NOS/c1-3-11-16(12-4-2)15(17)18-13-14-9-7-5-6-8-10-14/h5,7-10H,3-4,6,11-13H2,1-2H3. The summed E-state index contributed by atoms with van der Waals surface area (Å²) in [5.74, 6) is 0.767. The number of nitrogens with zero attached hydrogens (tertiary/aromatic N) is 1. The summed E-state index contributed by atoms with van der Waals surface area (Å²) < 4.78 is 0. The summed E-state index contributed by atoms with van der Waals surface area (Å²) in [6.45, 7) is 5.97. The highest BCUT2D eigenvalue weighted by atomic mass is 32.2. The Labute approximate surface area is 115 Å². The van der Waals surface area contributed by atoms with Gasteiger partial charge in [-0.2, -0.15) is 0 Å². The van der Waals surface area contributed by atoms with Gasteiger partial charge >= 0.3 is 0 Å². The van der Waals surface area contributed by atoms with Crippen LogP contribution in [0.2, 0.25) is 0 Å². The van der Waals surface area contributed by atoms with Crippen LogP contribution in [0.3, 0.4) is 0 Å². The Kier molecular flexibility index (Phi) is 7.58. The molecule has 0 unspecified atom stereocenters. The second-order valence-electron chi connectivity index (χ2n) is 4.35. The molecule has 100 valence electrons. The molecule has 0 spiro atoms. The van der Waals surface area contributed by atoms with Crippen LogP contribution < -0.4 is 0 Å². The van der Waals surface area contributed by atoms with Crippen LogP contribution in [0, 0.1) is 0 Å². The summed E-state index contributed by atoms with van der Waals surface area (Å²) in [5, 5.41) is 0.209. The van der Waals surface area contributed by atoms with Gasteiger partial charge in [0.1, 0.15) is 0 Å². The van der Waals surface area contributed by atoms with Gasteiger partial charge < -0.3 is 4.90 Å². The SMILES string of the molecule is CCCN(CCC)C(=O)SCC1=CC=CCC=C1. The number of carbonyl (C=O) groups is 1. The fourth-order valence-corrected chi connectivity index (χ4v) is 2.64. The van der Waals surface area contributed by atoms with Crippen LogP contribution in [0.4, 0.5) is 4.79 Å². The Morgan fingerprint density at radius 1 is 1.28 bits per heavy atom. The van der Waals surface area contributed by atoms with Crippen molar-refractivity contribution < 1.29 is 4.79 Å². The van der Waals surface area contributed by atoms with Crippen LogP contribution in [0.1, 0.15) is 33.1 Å². The molecule has 1 aliphatic carbocycles. The molecule has 1 rings (SSSR count). The Balaban J connectivity index is 2.43. The minimum atomic E-state index is 0.209. The quantitative estimate of drug-likeness (QED) is 0.709. The van der Waals surface area contributed by atoms with E-state index in [-0.39, 0.29) is 5.24 Å². The number of hydrogen-bond acceptors (Lipinski definition) is 2. The van der Waals surface area contributed by atoms with Gasteiger partial charge in [0.2, 0.25) is 0 Å². The summed E-state index contributed by atoms with van der Waals surface area (Å²) in [5.41, 5.74) is 1.22. The van der Waals surface area contributed by atoms with Crippen molar-refractivity contribution in [3.05, 3.63) is 36.0 Å². The lowest BCUT2D eigenvalue weighted by molar-refractivity contribution is 0.223. The van der Waals surface area contributed by atoms with Gasteiger partial charge in [-0.25, -0.2) is 0 Å². The van der Waals surface area contributed by atoms with Crippen molar-refractivity contribution >= 4 is 17.0 Å². The lowest BCUT2D eigenvalue weighted by Crippen LogP contribution is -2.29. The smallest absolute Gasteiger partial charge is 0.281 e. The molecule has 0 heterocycles. The van der Waals surface area contributed by atoms with Crippen molar-refractivity contribution in [2.24, 2.45) is 0 Å². The number of carbonyl (C=O) groups excluding carboxylic acids is 1. The average Bonchev–Trinajstić information content (AvgIpc) is 2.64. The van der Waals surface area contributed by atoms with E-state index in [1.54, 1.807) is 0 Å². The number of hydrogen-bond donors (Lipinski definition) is 0. The van der Waals surface area contributed by atoms with Crippen molar-refractivity contribution in [1.29, 1.82) is 0 Å². The second kappa shape index (κ2) is 9.03. The molecular weight excluding hydrogens is 242 g/mol. The maximum atomic E-state index is 12.1. The van der Waals surface area contributed by atoms with E-state index >= 15 is 0 Å². The maximum absolute atomic E-state index is 12.1. The summed E-state index contributed by atoms with van der Waals surface area (Å²) in [6.07, 6.45) is 13.6. The first kappa shape index (κ1) is 15.1. The molecule has 3 heteroatoms. The van der Waals surface area contributed by atoms with Crippen LogP contribution in [0.5, 0.6) is 0 Å².